The Hall–Kier alpha value is -5.16. The zero-order valence-electron chi connectivity index (χ0n) is 31.4. The first-order chi connectivity index (χ1) is 24.5. The maximum atomic E-state index is 6.80. The lowest BCUT2D eigenvalue weighted by Gasteiger charge is -2.27. The topological polar surface area (TPSA) is 44.9 Å². The van der Waals surface area contributed by atoms with Gasteiger partial charge in [-0.15, -0.1) is 0 Å². The van der Waals surface area contributed by atoms with Crippen molar-refractivity contribution < 1.29 is 4.74 Å². The van der Waals surface area contributed by atoms with Crippen molar-refractivity contribution in [2.24, 2.45) is 5.41 Å². The fourth-order valence-corrected chi connectivity index (χ4v) is 7.34. The van der Waals surface area contributed by atoms with E-state index >= 15 is 0 Å². The van der Waals surface area contributed by atoms with Gasteiger partial charge in [0.25, 0.3) is 0 Å². The van der Waals surface area contributed by atoms with Crippen LogP contribution in [0.3, 0.4) is 0 Å². The molecular formula is C46H50N4O. The molecule has 7 aromatic rings. The number of nitrogens with zero attached hydrogens (tertiary/aromatic N) is 4. The number of aryl methyl sites for hydroxylation is 3. The van der Waals surface area contributed by atoms with Crippen molar-refractivity contribution in [3.05, 3.63) is 131 Å². The average molecular weight is 675 g/mol. The van der Waals surface area contributed by atoms with Crippen LogP contribution in [0.25, 0.3) is 44.4 Å². The third-order valence-electron chi connectivity index (χ3n) is 10.5. The van der Waals surface area contributed by atoms with Crippen LogP contribution in [-0.2, 0) is 6.42 Å². The summed E-state index contributed by atoms with van der Waals surface area (Å²) in [7, 11) is 0. The molecule has 1 atom stereocenters. The zero-order valence-corrected chi connectivity index (χ0v) is 31.4. The van der Waals surface area contributed by atoms with Gasteiger partial charge in [0, 0.05) is 40.4 Å². The molecule has 7 rings (SSSR count). The van der Waals surface area contributed by atoms with Crippen molar-refractivity contribution in [1.82, 2.24) is 19.3 Å². The van der Waals surface area contributed by atoms with Crippen LogP contribution in [0.2, 0.25) is 0 Å². The minimum Gasteiger partial charge on any atom is -0.457 e. The van der Waals surface area contributed by atoms with Gasteiger partial charge in [-0.1, -0.05) is 83.9 Å². The van der Waals surface area contributed by atoms with Gasteiger partial charge in [0.2, 0.25) is 0 Å². The molecule has 51 heavy (non-hydrogen) atoms. The summed E-state index contributed by atoms with van der Waals surface area (Å²) in [6, 6.07) is 34.8. The highest BCUT2D eigenvalue weighted by atomic mass is 16.5. The van der Waals surface area contributed by atoms with Crippen LogP contribution in [0.4, 0.5) is 0 Å². The van der Waals surface area contributed by atoms with E-state index in [4.69, 9.17) is 14.8 Å². The first-order valence-corrected chi connectivity index (χ1v) is 18.5. The van der Waals surface area contributed by atoms with Crippen molar-refractivity contribution in [3.63, 3.8) is 0 Å². The summed E-state index contributed by atoms with van der Waals surface area (Å²) in [5, 5.41) is 7.46. The molecule has 0 saturated heterocycles. The number of fused-ring (bicyclic) bond motifs is 3. The lowest BCUT2D eigenvalue weighted by Crippen LogP contribution is -2.15. The van der Waals surface area contributed by atoms with E-state index in [1.54, 1.807) is 0 Å². The summed E-state index contributed by atoms with van der Waals surface area (Å²) >= 11 is 0. The van der Waals surface area contributed by atoms with Crippen LogP contribution in [-0.4, -0.2) is 19.3 Å². The highest BCUT2D eigenvalue weighted by Gasteiger charge is 2.24. The second kappa shape index (κ2) is 13.9. The van der Waals surface area contributed by atoms with Gasteiger partial charge in [-0.25, -0.2) is 9.67 Å². The van der Waals surface area contributed by atoms with Gasteiger partial charge in [-0.3, -0.25) is 4.57 Å². The van der Waals surface area contributed by atoms with Crippen LogP contribution in [0.5, 0.6) is 11.5 Å². The molecule has 0 saturated carbocycles. The quantitative estimate of drug-likeness (QED) is 0.136. The minimum atomic E-state index is 0.158. The fourth-order valence-electron chi connectivity index (χ4n) is 7.34. The highest BCUT2D eigenvalue weighted by molar-refractivity contribution is 6.09. The predicted molar refractivity (Wildman–Crippen MR) is 213 cm³/mol. The fraction of sp³-hybridized carbons (Fsp3) is 0.304. The van der Waals surface area contributed by atoms with Gasteiger partial charge in [-0.2, -0.15) is 5.10 Å². The Balaban J connectivity index is 1.34. The molecule has 0 N–H and O–H groups in total. The molecule has 0 aliphatic heterocycles. The monoisotopic (exact) mass is 674 g/mol. The lowest BCUT2D eigenvalue weighted by molar-refractivity contribution is 0.340. The van der Waals surface area contributed by atoms with Gasteiger partial charge < -0.3 is 4.74 Å². The molecule has 0 aliphatic carbocycles. The molecule has 3 heterocycles. The summed E-state index contributed by atoms with van der Waals surface area (Å²) in [5.41, 5.74) is 11.7. The van der Waals surface area contributed by atoms with E-state index in [1.165, 1.54) is 51.4 Å². The van der Waals surface area contributed by atoms with E-state index < -0.39 is 0 Å². The third kappa shape index (κ3) is 6.82. The normalized spacial score (nSPS) is 12.5. The summed E-state index contributed by atoms with van der Waals surface area (Å²) in [4.78, 5) is 4.84. The van der Waals surface area contributed by atoms with Crippen molar-refractivity contribution in [3.8, 4) is 34.1 Å². The van der Waals surface area contributed by atoms with Crippen LogP contribution >= 0.6 is 0 Å². The van der Waals surface area contributed by atoms with Gasteiger partial charge >= 0.3 is 0 Å². The number of unbranched alkanes of at least 4 members (excludes halogenated alkanes) is 2. The first-order valence-electron chi connectivity index (χ1n) is 18.5. The number of ether oxygens (including phenoxy) is 1. The molecule has 1 unspecified atom stereocenters. The first kappa shape index (κ1) is 34.3. The SMILES string of the molecule is CCCCCc1cc(Oc2ccc3c4cc(C(C)C(C)(C)C)ccc4n(-c4cc(C)ccn4)c3c2)cc(-n2nc(C)c(-c3ccccc3)c2C)c1. The number of hydrogen-bond acceptors (Lipinski definition) is 3. The smallest absolute Gasteiger partial charge is 0.137 e. The zero-order chi connectivity index (χ0) is 35.9. The van der Waals surface area contributed by atoms with E-state index in [2.05, 4.69) is 156 Å². The number of rotatable bonds is 10. The molecule has 5 nitrogen and oxygen atoms in total. The second-order valence-corrected chi connectivity index (χ2v) is 15.3. The van der Waals surface area contributed by atoms with Gasteiger partial charge in [0.05, 0.1) is 22.4 Å². The van der Waals surface area contributed by atoms with E-state index in [1.807, 2.05) is 12.3 Å². The molecule has 0 radical (unpaired) electrons. The van der Waals surface area contributed by atoms with Crippen LogP contribution in [0.15, 0.2) is 103 Å². The lowest BCUT2D eigenvalue weighted by atomic mass is 9.77. The Labute approximate surface area is 302 Å². The second-order valence-electron chi connectivity index (χ2n) is 15.3. The van der Waals surface area contributed by atoms with Crippen molar-refractivity contribution in [2.45, 2.75) is 87.0 Å². The Morgan fingerprint density at radius 1 is 0.765 bits per heavy atom. The summed E-state index contributed by atoms with van der Waals surface area (Å²) in [5.74, 6) is 2.91. The van der Waals surface area contributed by atoms with Crippen LogP contribution < -0.4 is 4.74 Å². The maximum Gasteiger partial charge on any atom is 0.137 e. The number of pyridine rings is 1. The molecule has 0 bridgehead atoms. The summed E-state index contributed by atoms with van der Waals surface area (Å²) in [6.07, 6.45) is 6.40. The molecule has 5 heteroatoms. The molecule has 0 fully saturated rings. The molecular weight excluding hydrogens is 625 g/mol. The van der Waals surface area contributed by atoms with Crippen molar-refractivity contribution in [1.29, 1.82) is 0 Å². The van der Waals surface area contributed by atoms with Crippen molar-refractivity contribution in [2.75, 3.05) is 0 Å². The Bertz CT molecular complexity index is 2340. The van der Waals surface area contributed by atoms with Gasteiger partial charge in [0.1, 0.15) is 17.3 Å². The van der Waals surface area contributed by atoms with E-state index in [0.29, 0.717) is 5.92 Å². The Morgan fingerprint density at radius 3 is 2.31 bits per heavy atom. The third-order valence-corrected chi connectivity index (χ3v) is 10.5. The van der Waals surface area contributed by atoms with E-state index in [0.717, 1.165) is 58.3 Å². The van der Waals surface area contributed by atoms with Crippen LogP contribution in [0, 0.1) is 26.2 Å². The van der Waals surface area contributed by atoms with Crippen molar-refractivity contribution >= 4 is 21.8 Å². The molecule has 0 aliphatic rings. The Morgan fingerprint density at radius 2 is 1.57 bits per heavy atom. The standard InChI is InChI=1S/C46H50N4O/c1-9-10-12-15-34-25-37(50-33(5)45(32(4)48-50)35-16-13-11-14-17-35)28-39(26-34)51-38-19-20-40-41-27-36(31(3)46(6,7)8)18-21-42(41)49(43(40)29-38)44-24-30(2)22-23-47-44/h11,13-14,16-29,31H,9-10,12,15H2,1-8H3. The molecule has 0 amide bonds. The van der Waals surface area contributed by atoms with Gasteiger partial charge in [0.15, 0.2) is 0 Å². The summed E-state index contributed by atoms with van der Waals surface area (Å²) in [6.45, 7) is 17.9. The molecule has 4 aromatic carbocycles. The highest BCUT2D eigenvalue weighted by Crippen LogP contribution is 2.40. The molecule has 260 valence electrons. The number of benzene rings is 4. The largest absolute Gasteiger partial charge is 0.457 e. The van der Waals surface area contributed by atoms with Crippen LogP contribution in [0.1, 0.15) is 87.9 Å². The molecule has 0 spiro atoms. The van der Waals surface area contributed by atoms with Gasteiger partial charge in [-0.05, 0) is 116 Å². The number of hydrogen-bond donors (Lipinski definition) is 0. The maximum absolute atomic E-state index is 6.80. The number of aromatic nitrogens is 4. The average Bonchev–Trinajstić information content (AvgIpc) is 3.59. The predicted octanol–water partition coefficient (Wildman–Crippen LogP) is 12.6. The van der Waals surface area contributed by atoms with E-state index in [-0.39, 0.29) is 5.41 Å². The molecule has 3 aromatic heterocycles. The van der Waals surface area contributed by atoms with E-state index in [9.17, 15) is 0 Å². The minimum absolute atomic E-state index is 0.158. The Kier molecular flexibility index (Phi) is 9.32. The summed E-state index contributed by atoms with van der Waals surface area (Å²) < 4.78 is 11.2.